The van der Waals surface area contributed by atoms with Crippen molar-refractivity contribution in [2.24, 2.45) is 0 Å². The summed E-state index contributed by atoms with van der Waals surface area (Å²) in [7, 11) is 2.72. The van der Waals surface area contributed by atoms with Crippen LogP contribution in [0, 0.1) is 0 Å². The average molecular weight is 563 g/mol. The number of fused-ring (bicyclic) bond motifs is 1. The van der Waals surface area contributed by atoms with Crippen LogP contribution in [0.4, 0.5) is 36.8 Å². The second-order valence-electron chi connectivity index (χ2n) is 9.20. The number of ether oxygens (including phenoxy) is 2. The highest BCUT2D eigenvalue weighted by molar-refractivity contribution is 5.96. The van der Waals surface area contributed by atoms with Crippen molar-refractivity contribution in [2.45, 2.75) is 64.1 Å². The minimum Gasteiger partial charge on any atom is -0.493 e. The van der Waals surface area contributed by atoms with E-state index in [1.54, 1.807) is 6.92 Å². The van der Waals surface area contributed by atoms with E-state index in [0.717, 1.165) is 4.90 Å². The Morgan fingerprint density at radius 2 is 1.51 bits per heavy atom. The van der Waals surface area contributed by atoms with Gasteiger partial charge in [-0.1, -0.05) is 6.92 Å². The molecule has 2 unspecified atom stereocenters. The molecule has 1 heterocycles. The van der Waals surface area contributed by atoms with Crippen LogP contribution in [-0.4, -0.2) is 42.3 Å². The molecule has 1 N–H and O–H groups in total. The molecule has 3 rings (SSSR count). The largest absolute Gasteiger partial charge is 0.493 e. The minimum atomic E-state index is -5.08. The van der Waals surface area contributed by atoms with Crippen molar-refractivity contribution >= 4 is 17.7 Å². The summed E-state index contributed by atoms with van der Waals surface area (Å²) in [5.74, 6) is 0.238. The Morgan fingerprint density at radius 1 is 0.974 bits per heavy atom. The van der Waals surface area contributed by atoms with E-state index in [1.165, 1.54) is 31.3 Å². The van der Waals surface area contributed by atoms with Crippen LogP contribution < -0.4 is 14.4 Å². The summed E-state index contributed by atoms with van der Waals surface area (Å²) in [6.07, 6.45) is -10.9. The SMILES string of the molecule is CCCC(=O)N1c2cc(OC)c(OC)cc2C(N(Cc2cc(C(F)(F)F)cc(C(F)(F)F)c2)C(=O)O)CC1C. The molecular weight excluding hydrogens is 534 g/mol. The molecule has 0 aliphatic carbocycles. The first-order chi connectivity index (χ1) is 18.1. The van der Waals surface area contributed by atoms with Crippen molar-refractivity contribution in [1.29, 1.82) is 0 Å². The van der Waals surface area contributed by atoms with Crippen LogP contribution in [0.5, 0.6) is 11.5 Å². The molecule has 214 valence electrons. The molecular formula is C26H28F6N2O5. The Bertz CT molecular complexity index is 1200. The first-order valence-electron chi connectivity index (χ1n) is 12.0. The number of carbonyl (C=O) groups excluding carboxylic acids is 1. The maximum Gasteiger partial charge on any atom is 0.416 e. The van der Waals surface area contributed by atoms with Crippen molar-refractivity contribution in [3.05, 3.63) is 52.6 Å². The summed E-state index contributed by atoms with van der Waals surface area (Å²) in [4.78, 5) is 27.7. The summed E-state index contributed by atoms with van der Waals surface area (Å²) < 4.78 is 91.2. The van der Waals surface area contributed by atoms with Gasteiger partial charge in [0.1, 0.15) is 0 Å². The summed E-state index contributed by atoms with van der Waals surface area (Å²) in [6.45, 7) is 2.74. The number of methoxy groups -OCH3 is 2. The van der Waals surface area contributed by atoms with Gasteiger partial charge >= 0.3 is 18.4 Å². The van der Waals surface area contributed by atoms with E-state index in [-0.39, 0.29) is 36.3 Å². The van der Waals surface area contributed by atoms with Crippen molar-refractivity contribution in [1.82, 2.24) is 4.90 Å². The van der Waals surface area contributed by atoms with E-state index in [4.69, 9.17) is 9.47 Å². The first-order valence-corrected chi connectivity index (χ1v) is 12.0. The zero-order valence-electron chi connectivity index (χ0n) is 21.6. The van der Waals surface area contributed by atoms with E-state index in [0.29, 0.717) is 29.8 Å². The highest BCUT2D eigenvalue weighted by atomic mass is 19.4. The van der Waals surface area contributed by atoms with E-state index in [1.807, 2.05) is 6.92 Å². The smallest absolute Gasteiger partial charge is 0.416 e. The second-order valence-corrected chi connectivity index (χ2v) is 9.20. The van der Waals surface area contributed by atoms with Crippen LogP contribution in [0.15, 0.2) is 30.3 Å². The zero-order valence-corrected chi connectivity index (χ0v) is 21.6. The van der Waals surface area contributed by atoms with E-state index >= 15 is 0 Å². The molecule has 0 spiro atoms. The highest BCUT2D eigenvalue weighted by Gasteiger charge is 2.41. The molecule has 39 heavy (non-hydrogen) atoms. The van der Waals surface area contributed by atoms with Gasteiger partial charge in [-0.05, 0) is 49.6 Å². The van der Waals surface area contributed by atoms with Crippen LogP contribution in [0.2, 0.25) is 0 Å². The summed E-state index contributed by atoms with van der Waals surface area (Å²) in [5, 5.41) is 10.1. The van der Waals surface area contributed by atoms with E-state index in [2.05, 4.69) is 0 Å². The van der Waals surface area contributed by atoms with E-state index < -0.39 is 53.8 Å². The van der Waals surface area contributed by atoms with Gasteiger partial charge in [0, 0.05) is 30.6 Å². The van der Waals surface area contributed by atoms with Gasteiger partial charge in [0.05, 0.1) is 37.1 Å². The number of hydrogen-bond acceptors (Lipinski definition) is 4. The van der Waals surface area contributed by atoms with Crippen LogP contribution in [-0.2, 0) is 23.7 Å². The third kappa shape index (κ3) is 6.34. The molecule has 1 aliphatic rings. The molecule has 0 bridgehead atoms. The fraction of sp³-hybridized carbons (Fsp3) is 0.462. The number of anilines is 1. The lowest BCUT2D eigenvalue weighted by Gasteiger charge is -2.43. The molecule has 2 aromatic carbocycles. The summed E-state index contributed by atoms with van der Waals surface area (Å²) >= 11 is 0. The lowest BCUT2D eigenvalue weighted by atomic mass is 9.89. The van der Waals surface area contributed by atoms with Crippen molar-refractivity contribution in [3.63, 3.8) is 0 Å². The molecule has 1 aliphatic heterocycles. The Labute approximate surface area is 220 Å². The van der Waals surface area contributed by atoms with Gasteiger partial charge in [-0.25, -0.2) is 4.79 Å². The molecule has 0 aromatic heterocycles. The second kappa shape index (κ2) is 11.2. The summed E-state index contributed by atoms with van der Waals surface area (Å²) in [6, 6.07) is 2.40. The Morgan fingerprint density at radius 3 is 1.97 bits per heavy atom. The topological polar surface area (TPSA) is 79.3 Å². The molecule has 0 saturated heterocycles. The van der Waals surface area contributed by atoms with Crippen molar-refractivity contribution < 1.29 is 50.5 Å². The number of amides is 2. The number of carboxylic acid groups (broad SMARTS) is 1. The third-order valence-corrected chi connectivity index (χ3v) is 6.51. The molecule has 0 saturated carbocycles. The van der Waals surface area contributed by atoms with Crippen LogP contribution in [0.1, 0.15) is 61.4 Å². The quantitative estimate of drug-likeness (QED) is 0.372. The molecule has 2 atom stereocenters. The number of hydrogen-bond donors (Lipinski definition) is 1. The fourth-order valence-electron chi connectivity index (χ4n) is 4.78. The van der Waals surface area contributed by atoms with Crippen molar-refractivity contribution in [3.8, 4) is 11.5 Å². The van der Waals surface area contributed by atoms with Crippen LogP contribution in [0.3, 0.4) is 0 Å². The Kier molecular flexibility index (Phi) is 8.61. The molecule has 7 nitrogen and oxygen atoms in total. The van der Waals surface area contributed by atoms with E-state index in [9.17, 15) is 41.0 Å². The molecule has 13 heteroatoms. The minimum absolute atomic E-state index is 0.0129. The van der Waals surface area contributed by atoms with Gasteiger partial charge in [0.15, 0.2) is 11.5 Å². The average Bonchev–Trinajstić information content (AvgIpc) is 2.84. The van der Waals surface area contributed by atoms with Crippen LogP contribution in [0.25, 0.3) is 0 Å². The normalized spacial score (nSPS) is 17.4. The predicted octanol–water partition coefficient (Wildman–Crippen LogP) is 6.89. The van der Waals surface area contributed by atoms with Gasteiger partial charge in [-0.3, -0.25) is 9.69 Å². The van der Waals surface area contributed by atoms with Gasteiger partial charge in [0.2, 0.25) is 5.91 Å². The molecule has 0 fully saturated rings. The molecule has 0 radical (unpaired) electrons. The number of nitrogens with zero attached hydrogens (tertiary/aromatic N) is 2. The van der Waals surface area contributed by atoms with Gasteiger partial charge in [0.25, 0.3) is 0 Å². The van der Waals surface area contributed by atoms with Gasteiger partial charge in [-0.15, -0.1) is 0 Å². The molecule has 2 aromatic rings. The molecule has 2 amide bonds. The number of rotatable bonds is 7. The standard InChI is InChI=1S/C26H28F6N2O5/c1-5-6-23(35)34-14(2)7-19(18-11-21(38-3)22(39-4)12-20(18)34)33(24(36)37)13-15-8-16(25(27,28)29)10-17(9-15)26(30,31)32/h8-12,14,19H,5-7,13H2,1-4H3,(H,36,37). The predicted molar refractivity (Wildman–Crippen MR) is 129 cm³/mol. The van der Waals surface area contributed by atoms with Gasteiger partial charge in [-0.2, -0.15) is 26.3 Å². The van der Waals surface area contributed by atoms with Gasteiger partial charge < -0.3 is 19.5 Å². The monoisotopic (exact) mass is 562 g/mol. The highest BCUT2D eigenvalue weighted by Crippen LogP contribution is 2.47. The lowest BCUT2D eigenvalue weighted by molar-refractivity contribution is -0.143. The fourth-order valence-corrected chi connectivity index (χ4v) is 4.78. The lowest BCUT2D eigenvalue weighted by Crippen LogP contribution is -2.47. The number of alkyl halides is 6. The maximum absolute atomic E-state index is 13.4. The Hall–Kier alpha value is -3.64. The van der Waals surface area contributed by atoms with Crippen molar-refractivity contribution in [2.75, 3.05) is 19.1 Å². The zero-order chi connectivity index (χ0) is 29.3. The first kappa shape index (κ1) is 29.9. The number of carbonyl (C=O) groups is 2. The maximum atomic E-state index is 13.4. The third-order valence-electron chi connectivity index (χ3n) is 6.51. The number of benzene rings is 2. The Balaban J connectivity index is 2.17. The van der Waals surface area contributed by atoms with Crippen LogP contribution >= 0.6 is 0 Å². The summed E-state index contributed by atoms with van der Waals surface area (Å²) in [5.41, 5.74) is -2.95. The number of halogens is 6.